The van der Waals surface area contributed by atoms with Crippen molar-refractivity contribution in [2.75, 3.05) is 7.05 Å². The Labute approximate surface area is 106 Å². The average molecular weight is 249 g/mol. The molecule has 0 bridgehead atoms. The van der Waals surface area contributed by atoms with Gasteiger partial charge >= 0.3 is 0 Å². The van der Waals surface area contributed by atoms with Crippen molar-refractivity contribution >= 4 is 11.7 Å². The van der Waals surface area contributed by atoms with Crippen LogP contribution >= 0.6 is 0 Å². The molecule has 1 fully saturated rings. The van der Waals surface area contributed by atoms with Gasteiger partial charge in [-0.3, -0.25) is 9.59 Å². The summed E-state index contributed by atoms with van der Waals surface area (Å²) in [6.07, 6.45) is 2.38. The Hall–Kier alpha value is -1.71. The largest absolute Gasteiger partial charge is 0.339 e. The molecule has 0 aliphatic heterocycles. The van der Waals surface area contributed by atoms with E-state index in [-0.39, 0.29) is 23.3 Å². The van der Waals surface area contributed by atoms with Crippen LogP contribution in [0.25, 0.3) is 0 Å². The van der Waals surface area contributed by atoms with E-state index in [1.807, 2.05) is 0 Å². The van der Waals surface area contributed by atoms with Crippen LogP contribution < -0.4 is 0 Å². The van der Waals surface area contributed by atoms with Crippen LogP contribution in [0, 0.1) is 5.82 Å². The molecule has 0 radical (unpaired) electrons. The van der Waals surface area contributed by atoms with Gasteiger partial charge in [-0.15, -0.1) is 0 Å². The van der Waals surface area contributed by atoms with Gasteiger partial charge in [-0.1, -0.05) is 12.1 Å². The molecule has 0 heterocycles. The topological polar surface area (TPSA) is 37.4 Å². The van der Waals surface area contributed by atoms with Crippen LogP contribution in [0.1, 0.15) is 36.0 Å². The van der Waals surface area contributed by atoms with E-state index in [1.165, 1.54) is 12.1 Å². The third-order valence-electron chi connectivity index (χ3n) is 3.49. The van der Waals surface area contributed by atoms with Crippen LogP contribution in [0.5, 0.6) is 0 Å². The summed E-state index contributed by atoms with van der Waals surface area (Å²) in [7, 11) is 1.68. The zero-order valence-electron chi connectivity index (χ0n) is 10.4. The highest BCUT2D eigenvalue weighted by Crippen LogP contribution is 2.21. The molecule has 18 heavy (non-hydrogen) atoms. The van der Waals surface area contributed by atoms with Gasteiger partial charge in [0.25, 0.3) is 5.91 Å². The highest BCUT2D eigenvalue weighted by atomic mass is 19.1. The zero-order chi connectivity index (χ0) is 13.1. The number of hydrogen-bond donors (Lipinski definition) is 0. The van der Waals surface area contributed by atoms with Crippen molar-refractivity contribution in [2.24, 2.45) is 0 Å². The zero-order valence-corrected chi connectivity index (χ0v) is 10.4. The van der Waals surface area contributed by atoms with Gasteiger partial charge in [0.1, 0.15) is 11.6 Å². The maximum Gasteiger partial charge on any atom is 0.256 e. The third-order valence-corrected chi connectivity index (χ3v) is 3.49. The molecule has 4 heteroatoms. The molecule has 96 valence electrons. The van der Waals surface area contributed by atoms with Crippen molar-refractivity contribution in [1.29, 1.82) is 0 Å². The molecule has 1 amide bonds. The van der Waals surface area contributed by atoms with Gasteiger partial charge in [0.05, 0.1) is 5.56 Å². The van der Waals surface area contributed by atoms with Crippen molar-refractivity contribution in [2.45, 2.75) is 31.7 Å². The van der Waals surface area contributed by atoms with Crippen LogP contribution in [0.4, 0.5) is 4.39 Å². The number of hydrogen-bond acceptors (Lipinski definition) is 2. The molecule has 2 rings (SSSR count). The lowest BCUT2D eigenvalue weighted by Gasteiger charge is -2.30. The highest BCUT2D eigenvalue weighted by molar-refractivity contribution is 5.94. The number of nitrogens with zero attached hydrogens (tertiary/aromatic N) is 1. The first-order chi connectivity index (χ1) is 8.59. The maximum atomic E-state index is 13.5. The first-order valence-corrected chi connectivity index (χ1v) is 6.13. The smallest absolute Gasteiger partial charge is 0.256 e. The molecule has 1 aromatic rings. The van der Waals surface area contributed by atoms with Crippen molar-refractivity contribution in [3.05, 3.63) is 35.6 Å². The molecule has 1 aliphatic carbocycles. The number of carbonyl (C=O) groups is 2. The van der Waals surface area contributed by atoms with Crippen molar-refractivity contribution in [3.8, 4) is 0 Å². The number of ketones is 1. The SMILES string of the molecule is CN(C(=O)c1ccccc1F)C1CCC(=O)CC1. The summed E-state index contributed by atoms with van der Waals surface area (Å²) in [4.78, 5) is 24.9. The summed E-state index contributed by atoms with van der Waals surface area (Å²) in [5, 5.41) is 0. The summed E-state index contributed by atoms with van der Waals surface area (Å²) in [5.74, 6) is -0.563. The molecule has 0 unspecified atom stereocenters. The van der Waals surface area contributed by atoms with Gasteiger partial charge in [0.2, 0.25) is 0 Å². The molecule has 1 aliphatic rings. The summed E-state index contributed by atoms with van der Waals surface area (Å²) in [6.45, 7) is 0. The van der Waals surface area contributed by atoms with Crippen molar-refractivity contribution in [3.63, 3.8) is 0 Å². The fourth-order valence-corrected chi connectivity index (χ4v) is 2.30. The summed E-state index contributed by atoms with van der Waals surface area (Å²) < 4.78 is 13.5. The summed E-state index contributed by atoms with van der Waals surface area (Å²) in [5.41, 5.74) is 0.0944. The minimum atomic E-state index is -0.499. The van der Waals surface area contributed by atoms with E-state index in [1.54, 1.807) is 24.1 Å². The Morgan fingerprint density at radius 3 is 2.50 bits per heavy atom. The van der Waals surface area contributed by atoms with Gasteiger partial charge in [-0.05, 0) is 25.0 Å². The molecule has 0 atom stereocenters. The normalized spacial score (nSPS) is 16.7. The van der Waals surface area contributed by atoms with E-state index in [2.05, 4.69) is 0 Å². The van der Waals surface area contributed by atoms with Gasteiger partial charge in [0.15, 0.2) is 0 Å². The van der Waals surface area contributed by atoms with Gasteiger partial charge in [0, 0.05) is 25.9 Å². The first-order valence-electron chi connectivity index (χ1n) is 6.13. The van der Waals surface area contributed by atoms with E-state index in [0.29, 0.717) is 25.7 Å². The second kappa shape index (κ2) is 5.29. The van der Waals surface area contributed by atoms with E-state index < -0.39 is 5.82 Å². The van der Waals surface area contributed by atoms with E-state index in [9.17, 15) is 14.0 Å². The number of carbonyl (C=O) groups excluding carboxylic acids is 2. The number of rotatable bonds is 2. The Morgan fingerprint density at radius 1 is 1.28 bits per heavy atom. The van der Waals surface area contributed by atoms with Gasteiger partial charge in [-0.2, -0.15) is 0 Å². The van der Waals surface area contributed by atoms with Crippen molar-refractivity contribution in [1.82, 2.24) is 4.90 Å². The molecule has 1 aromatic carbocycles. The van der Waals surface area contributed by atoms with Crippen LogP contribution in [-0.2, 0) is 4.79 Å². The fourth-order valence-electron chi connectivity index (χ4n) is 2.30. The Bertz CT molecular complexity index is 463. The minimum absolute atomic E-state index is 0.0369. The first kappa shape index (κ1) is 12.7. The quantitative estimate of drug-likeness (QED) is 0.807. The lowest BCUT2D eigenvalue weighted by molar-refractivity contribution is -0.121. The predicted octanol–water partition coefficient (Wildman–Crippen LogP) is 2.41. The number of benzene rings is 1. The molecular formula is C14H16FNO2. The van der Waals surface area contributed by atoms with Crippen molar-refractivity contribution < 1.29 is 14.0 Å². The lowest BCUT2D eigenvalue weighted by atomic mass is 9.93. The van der Waals surface area contributed by atoms with E-state index in [0.717, 1.165) is 0 Å². The number of Topliss-reactive ketones (excluding diaryl/α,β-unsaturated/α-hetero) is 1. The number of halogens is 1. The van der Waals surface area contributed by atoms with Gasteiger partial charge < -0.3 is 4.90 Å². The number of amides is 1. The highest BCUT2D eigenvalue weighted by Gasteiger charge is 2.26. The fraction of sp³-hybridized carbons (Fsp3) is 0.429. The van der Waals surface area contributed by atoms with Crippen LogP contribution in [0.15, 0.2) is 24.3 Å². The molecule has 0 saturated heterocycles. The molecule has 0 N–H and O–H groups in total. The second-order valence-electron chi connectivity index (χ2n) is 4.67. The summed E-state index contributed by atoms with van der Waals surface area (Å²) in [6, 6.07) is 6.02. The Morgan fingerprint density at radius 2 is 1.89 bits per heavy atom. The van der Waals surface area contributed by atoms with E-state index in [4.69, 9.17) is 0 Å². The third kappa shape index (κ3) is 2.58. The molecule has 1 saturated carbocycles. The predicted molar refractivity (Wildman–Crippen MR) is 65.8 cm³/mol. The average Bonchev–Trinajstić information content (AvgIpc) is 2.38. The maximum absolute atomic E-state index is 13.5. The van der Waals surface area contributed by atoms with Crippen LogP contribution in [-0.4, -0.2) is 29.7 Å². The molecule has 0 aromatic heterocycles. The second-order valence-corrected chi connectivity index (χ2v) is 4.67. The summed E-state index contributed by atoms with van der Waals surface area (Å²) >= 11 is 0. The Balaban J connectivity index is 2.09. The van der Waals surface area contributed by atoms with Gasteiger partial charge in [-0.25, -0.2) is 4.39 Å². The minimum Gasteiger partial charge on any atom is -0.339 e. The van der Waals surface area contributed by atoms with Crippen LogP contribution in [0.2, 0.25) is 0 Å². The van der Waals surface area contributed by atoms with Crippen LogP contribution in [0.3, 0.4) is 0 Å². The standard InChI is InChI=1S/C14H16FNO2/c1-16(10-6-8-11(17)9-7-10)14(18)12-4-2-3-5-13(12)15/h2-5,10H,6-9H2,1H3. The molecule has 3 nitrogen and oxygen atoms in total. The molecule has 0 spiro atoms. The molecular weight excluding hydrogens is 233 g/mol. The van der Waals surface area contributed by atoms with E-state index >= 15 is 0 Å². The Kier molecular flexibility index (Phi) is 3.75. The lowest BCUT2D eigenvalue weighted by Crippen LogP contribution is -2.39. The monoisotopic (exact) mass is 249 g/mol.